The zero-order valence-corrected chi connectivity index (χ0v) is 12.6. The predicted molar refractivity (Wildman–Crippen MR) is 81.8 cm³/mol. The Bertz CT molecular complexity index is 605. The third-order valence-corrected chi connectivity index (χ3v) is 4.12. The summed E-state index contributed by atoms with van der Waals surface area (Å²) in [5.74, 6) is 0.656. The molecule has 0 spiro atoms. The summed E-state index contributed by atoms with van der Waals surface area (Å²) in [6.45, 7) is -2.37. The number of benzene rings is 1. The first-order valence-corrected chi connectivity index (χ1v) is 7.62. The van der Waals surface area contributed by atoms with Gasteiger partial charge in [0.15, 0.2) is 0 Å². The van der Waals surface area contributed by atoms with Gasteiger partial charge in [0.2, 0.25) is 5.91 Å². The molecule has 0 bridgehead atoms. The lowest BCUT2D eigenvalue weighted by atomic mass is 9.70. The van der Waals surface area contributed by atoms with Crippen LogP contribution in [-0.2, 0) is 11.2 Å². The molecular weight excluding hydrogens is 303 g/mol. The highest BCUT2D eigenvalue weighted by Gasteiger charge is 2.35. The SMILES string of the molecule is N[C@@H](CO)C(=O)N1CC(Oc2ccc3c(c2)O[B-](O)(O)CC3)C1. The van der Waals surface area contributed by atoms with Gasteiger partial charge in [-0.05, 0) is 18.1 Å². The Kier molecular flexibility index (Phi) is 4.20. The number of hydrogen-bond acceptors (Lipinski definition) is 7. The third-order valence-electron chi connectivity index (χ3n) is 4.12. The number of carbonyl (C=O) groups excluding carboxylic acids is 1. The fourth-order valence-corrected chi connectivity index (χ4v) is 2.73. The van der Waals surface area contributed by atoms with Crippen LogP contribution in [0.25, 0.3) is 0 Å². The van der Waals surface area contributed by atoms with Crippen molar-refractivity contribution in [3.63, 3.8) is 0 Å². The standard InChI is InChI=1S/C14H20BN2O6/c16-12(8-18)14(19)17-6-11(7-17)22-10-2-1-9-3-4-15(20,21)23-13(9)5-10/h1-2,5,11-12,18,20-21H,3-4,6-8,16H2/q-1/t12-/m0/s1. The van der Waals surface area contributed by atoms with Gasteiger partial charge in [-0.25, -0.2) is 0 Å². The Morgan fingerprint density at radius 2 is 2.22 bits per heavy atom. The Morgan fingerprint density at radius 1 is 1.48 bits per heavy atom. The average molecular weight is 323 g/mol. The number of hydrogen-bond donors (Lipinski definition) is 4. The molecule has 2 aliphatic heterocycles. The number of fused-ring (bicyclic) bond motifs is 1. The fourth-order valence-electron chi connectivity index (χ4n) is 2.73. The second-order valence-corrected chi connectivity index (χ2v) is 6.06. The average Bonchev–Trinajstić information content (AvgIpc) is 2.47. The minimum Gasteiger partial charge on any atom is -0.670 e. The lowest BCUT2D eigenvalue weighted by Gasteiger charge is -2.40. The van der Waals surface area contributed by atoms with Crippen molar-refractivity contribution in [2.75, 3.05) is 19.7 Å². The molecule has 0 aromatic heterocycles. The van der Waals surface area contributed by atoms with Crippen LogP contribution in [0.1, 0.15) is 5.56 Å². The van der Waals surface area contributed by atoms with Crippen molar-refractivity contribution in [3.8, 4) is 11.5 Å². The monoisotopic (exact) mass is 323 g/mol. The van der Waals surface area contributed by atoms with Crippen LogP contribution in [0.4, 0.5) is 0 Å². The first kappa shape index (κ1) is 16.1. The molecule has 23 heavy (non-hydrogen) atoms. The number of rotatable bonds is 4. The number of ether oxygens (including phenoxy) is 1. The molecule has 1 saturated heterocycles. The Morgan fingerprint density at radius 3 is 2.91 bits per heavy atom. The number of carbonyl (C=O) groups is 1. The van der Waals surface area contributed by atoms with E-state index in [1.807, 2.05) is 6.07 Å². The maximum atomic E-state index is 11.7. The van der Waals surface area contributed by atoms with E-state index >= 15 is 0 Å². The number of aliphatic hydroxyl groups excluding tert-OH is 1. The van der Waals surface area contributed by atoms with Gasteiger partial charge in [-0.15, -0.1) is 0 Å². The highest BCUT2D eigenvalue weighted by molar-refractivity contribution is 6.58. The molecule has 0 unspecified atom stereocenters. The highest BCUT2D eigenvalue weighted by atomic mass is 16.6. The van der Waals surface area contributed by atoms with E-state index in [0.717, 1.165) is 5.56 Å². The maximum absolute atomic E-state index is 11.7. The van der Waals surface area contributed by atoms with Gasteiger partial charge in [0.05, 0.1) is 25.4 Å². The molecule has 0 radical (unpaired) electrons. The van der Waals surface area contributed by atoms with E-state index in [1.165, 1.54) is 4.90 Å². The molecule has 126 valence electrons. The van der Waals surface area contributed by atoms with Crippen LogP contribution in [0.15, 0.2) is 18.2 Å². The first-order chi connectivity index (χ1) is 10.9. The van der Waals surface area contributed by atoms with E-state index in [0.29, 0.717) is 31.0 Å². The summed E-state index contributed by atoms with van der Waals surface area (Å²) in [5.41, 5.74) is 6.38. The van der Waals surface area contributed by atoms with Crippen molar-refractivity contribution in [1.82, 2.24) is 4.90 Å². The molecule has 0 aliphatic carbocycles. The quantitative estimate of drug-likeness (QED) is 0.495. The zero-order valence-electron chi connectivity index (χ0n) is 12.6. The Balaban J connectivity index is 1.58. The summed E-state index contributed by atoms with van der Waals surface area (Å²) in [4.78, 5) is 13.3. The molecule has 8 nitrogen and oxygen atoms in total. The van der Waals surface area contributed by atoms with E-state index in [-0.39, 0.29) is 24.9 Å². The van der Waals surface area contributed by atoms with Crippen molar-refractivity contribution in [2.45, 2.75) is 24.9 Å². The molecule has 2 heterocycles. The van der Waals surface area contributed by atoms with Crippen LogP contribution in [0.5, 0.6) is 11.5 Å². The van der Waals surface area contributed by atoms with Crippen LogP contribution in [-0.4, -0.2) is 64.6 Å². The lowest BCUT2D eigenvalue weighted by molar-refractivity contribution is -0.142. The largest absolute Gasteiger partial charge is 0.670 e. The summed E-state index contributed by atoms with van der Waals surface area (Å²) in [6, 6.07) is 4.36. The van der Waals surface area contributed by atoms with Gasteiger partial charge >= 0.3 is 6.75 Å². The van der Waals surface area contributed by atoms with Crippen molar-refractivity contribution in [3.05, 3.63) is 23.8 Å². The van der Waals surface area contributed by atoms with Gasteiger partial charge in [-0.1, -0.05) is 12.4 Å². The van der Waals surface area contributed by atoms with Crippen LogP contribution in [0.3, 0.4) is 0 Å². The van der Waals surface area contributed by atoms with Gasteiger partial charge in [0.25, 0.3) is 0 Å². The highest BCUT2D eigenvalue weighted by Crippen LogP contribution is 2.33. The van der Waals surface area contributed by atoms with Crippen LogP contribution < -0.4 is 15.1 Å². The minimum atomic E-state index is -2.80. The number of likely N-dealkylation sites (tertiary alicyclic amines) is 1. The van der Waals surface area contributed by atoms with Crippen LogP contribution >= 0.6 is 0 Å². The summed E-state index contributed by atoms with van der Waals surface area (Å²) in [5, 5.41) is 28.1. The van der Waals surface area contributed by atoms with Crippen molar-refractivity contribution in [2.24, 2.45) is 5.73 Å². The van der Waals surface area contributed by atoms with Gasteiger partial charge in [0, 0.05) is 6.07 Å². The van der Waals surface area contributed by atoms with Crippen molar-refractivity contribution < 1.29 is 29.3 Å². The lowest BCUT2D eigenvalue weighted by Crippen LogP contribution is -2.60. The van der Waals surface area contributed by atoms with Gasteiger partial charge in [-0.3, -0.25) is 4.79 Å². The van der Waals surface area contributed by atoms with Crippen LogP contribution in [0, 0.1) is 0 Å². The minimum absolute atomic E-state index is 0.162. The van der Waals surface area contributed by atoms with Gasteiger partial charge in [0.1, 0.15) is 17.9 Å². The Labute approximate surface area is 133 Å². The topological polar surface area (TPSA) is 125 Å². The van der Waals surface area contributed by atoms with E-state index in [1.54, 1.807) is 12.1 Å². The van der Waals surface area contributed by atoms with E-state index in [9.17, 15) is 14.8 Å². The summed E-state index contributed by atoms with van der Waals surface area (Å²) < 4.78 is 10.9. The van der Waals surface area contributed by atoms with Crippen LogP contribution in [0.2, 0.25) is 6.32 Å². The Hall–Kier alpha value is -1.81. The normalized spacial score (nSPS) is 21.0. The molecule has 0 saturated carbocycles. The number of nitrogens with two attached hydrogens (primary N) is 1. The molecular formula is C14H20BN2O6-. The first-order valence-electron chi connectivity index (χ1n) is 7.62. The molecule has 3 rings (SSSR count). The molecule has 2 aliphatic rings. The number of amides is 1. The predicted octanol–water partition coefficient (Wildman–Crippen LogP) is -1.55. The summed E-state index contributed by atoms with van der Waals surface area (Å²) >= 11 is 0. The number of aliphatic hydroxyl groups is 1. The van der Waals surface area contributed by atoms with Gasteiger partial charge < -0.3 is 35.2 Å². The number of aryl methyl sites for hydroxylation is 1. The number of nitrogens with zero attached hydrogens (tertiary/aromatic N) is 1. The molecule has 1 aromatic carbocycles. The van der Waals surface area contributed by atoms with E-state index in [4.69, 9.17) is 20.2 Å². The molecule has 1 amide bonds. The smallest absolute Gasteiger partial charge is 0.430 e. The van der Waals surface area contributed by atoms with Crippen molar-refractivity contribution in [1.29, 1.82) is 0 Å². The van der Waals surface area contributed by atoms with Crippen molar-refractivity contribution >= 4 is 12.7 Å². The molecule has 1 fully saturated rings. The van der Waals surface area contributed by atoms with E-state index < -0.39 is 12.8 Å². The van der Waals surface area contributed by atoms with Gasteiger partial charge in [-0.2, -0.15) is 0 Å². The molecule has 1 atom stereocenters. The molecule has 9 heteroatoms. The summed E-state index contributed by atoms with van der Waals surface area (Å²) in [7, 11) is 0. The zero-order chi connectivity index (χ0) is 16.6. The second kappa shape index (κ2) is 6.01. The maximum Gasteiger partial charge on any atom is 0.430 e. The fraction of sp³-hybridized carbons (Fsp3) is 0.500. The molecule has 5 N–H and O–H groups in total. The summed E-state index contributed by atoms with van der Waals surface area (Å²) in [6.07, 6.45) is 0.552. The second-order valence-electron chi connectivity index (χ2n) is 6.06. The molecule has 1 aromatic rings. The third kappa shape index (κ3) is 3.42. The van der Waals surface area contributed by atoms with E-state index in [2.05, 4.69) is 0 Å².